The van der Waals surface area contributed by atoms with Gasteiger partial charge >= 0.3 is 5.69 Å². The summed E-state index contributed by atoms with van der Waals surface area (Å²) in [6.45, 7) is 0.357. The second kappa shape index (κ2) is 8.62. The molecule has 1 aromatic carbocycles. The number of carbonyl (C=O) groups is 1. The van der Waals surface area contributed by atoms with Crippen LogP contribution in [-0.4, -0.2) is 32.2 Å². The molecule has 1 saturated heterocycles. The Hall–Kier alpha value is -2.64. The number of hydrogen-bond donors (Lipinski definition) is 2. The second-order valence-corrected chi connectivity index (χ2v) is 8.16. The van der Waals surface area contributed by atoms with E-state index >= 15 is 0 Å². The number of benzene rings is 1. The Kier molecular flexibility index (Phi) is 5.92. The lowest BCUT2D eigenvalue weighted by atomic mass is 9.85. The molecule has 3 aromatic rings. The lowest BCUT2D eigenvalue weighted by Gasteiger charge is -2.24. The van der Waals surface area contributed by atoms with Crippen molar-refractivity contribution in [3.05, 3.63) is 64.7 Å². The highest BCUT2D eigenvalue weighted by Crippen LogP contribution is 2.33. The van der Waals surface area contributed by atoms with Crippen LogP contribution in [0.25, 0.3) is 5.65 Å². The molecule has 7 nitrogen and oxygen atoms in total. The first-order valence-electron chi connectivity index (χ1n) is 10.4. The molecule has 5 rings (SSSR count). The summed E-state index contributed by atoms with van der Waals surface area (Å²) in [6, 6.07) is 13.5. The molecule has 2 aliphatic rings. The van der Waals surface area contributed by atoms with Crippen LogP contribution in [0.5, 0.6) is 0 Å². The van der Waals surface area contributed by atoms with Crippen LogP contribution in [0.2, 0.25) is 0 Å². The number of halogens is 1. The van der Waals surface area contributed by atoms with E-state index in [1.165, 1.54) is 34.8 Å². The molecule has 0 bridgehead atoms. The number of amides is 1. The fraction of sp³-hybridized carbons (Fsp3) is 0.409. The van der Waals surface area contributed by atoms with Crippen LogP contribution in [0.3, 0.4) is 0 Å². The van der Waals surface area contributed by atoms with E-state index < -0.39 is 0 Å². The minimum atomic E-state index is -0.173. The van der Waals surface area contributed by atoms with E-state index in [0.717, 1.165) is 17.7 Å². The minimum Gasteiger partial charge on any atom is -0.325 e. The first-order chi connectivity index (χ1) is 14.2. The lowest BCUT2D eigenvalue weighted by Crippen LogP contribution is -2.39. The molecule has 0 radical (unpaired) electrons. The molecule has 3 atom stereocenters. The van der Waals surface area contributed by atoms with Gasteiger partial charge in [-0.1, -0.05) is 31.0 Å². The van der Waals surface area contributed by atoms with Crippen LogP contribution in [0.4, 0.5) is 5.69 Å². The third-order valence-electron chi connectivity index (χ3n) is 6.19. The van der Waals surface area contributed by atoms with Gasteiger partial charge in [-0.2, -0.15) is 0 Å². The van der Waals surface area contributed by atoms with Crippen LogP contribution in [0, 0.1) is 5.92 Å². The highest BCUT2D eigenvalue weighted by atomic mass is 35.5. The van der Waals surface area contributed by atoms with E-state index in [4.69, 9.17) is 0 Å². The Morgan fingerprint density at radius 2 is 2.03 bits per heavy atom. The average molecular weight is 428 g/mol. The van der Waals surface area contributed by atoms with E-state index in [-0.39, 0.29) is 30.0 Å². The van der Waals surface area contributed by atoms with E-state index in [1.807, 2.05) is 36.4 Å². The van der Waals surface area contributed by atoms with E-state index in [0.29, 0.717) is 24.2 Å². The summed E-state index contributed by atoms with van der Waals surface area (Å²) >= 11 is 0. The first-order valence-corrected chi connectivity index (χ1v) is 10.4. The molecule has 3 unspecified atom stereocenters. The van der Waals surface area contributed by atoms with Crippen LogP contribution < -0.4 is 16.3 Å². The van der Waals surface area contributed by atoms with Crippen molar-refractivity contribution < 1.29 is 4.79 Å². The first kappa shape index (κ1) is 20.6. The van der Waals surface area contributed by atoms with Crippen molar-refractivity contribution in [3.63, 3.8) is 0 Å². The van der Waals surface area contributed by atoms with Crippen molar-refractivity contribution in [1.29, 1.82) is 0 Å². The Morgan fingerprint density at radius 1 is 1.17 bits per heavy atom. The smallest absolute Gasteiger partial charge is 0.325 e. The summed E-state index contributed by atoms with van der Waals surface area (Å²) in [6.07, 6.45) is 7.58. The molecule has 30 heavy (non-hydrogen) atoms. The zero-order chi connectivity index (χ0) is 19.8. The Labute approximate surface area is 180 Å². The van der Waals surface area contributed by atoms with Crippen LogP contribution >= 0.6 is 12.4 Å². The third kappa shape index (κ3) is 4.00. The third-order valence-corrected chi connectivity index (χ3v) is 6.19. The number of carbonyl (C=O) groups excluding carboxylic acids is 1. The maximum atomic E-state index is 12.8. The minimum absolute atomic E-state index is 0. The lowest BCUT2D eigenvalue weighted by molar-refractivity contribution is -0.117. The quantitative estimate of drug-likeness (QED) is 0.671. The Morgan fingerprint density at radius 3 is 2.87 bits per heavy atom. The molecule has 1 aliphatic heterocycles. The fourth-order valence-corrected chi connectivity index (χ4v) is 4.74. The zero-order valence-corrected chi connectivity index (χ0v) is 17.5. The van der Waals surface area contributed by atoms with E-state index in [2.05, 4.69) is 15.7 Å². The number of fused-ring (bicyclic) bond motifs is 2. The number of aromatic nitrogens is 3. The molecule has 1 aliphatic carbocycles. The number of hydrogen-bond acceptors (Lipinski definition) is 4. The van der Waals surface area contributed by atoms with Crippen molar-refractivity contribution >= 4 is 29.6 Å². The van der Waals surface area contributed by atoms with Gasteiger partial charge < -0.3 is 10.6 Å². The van der Waals surface area contributed by atoms with Gasteiger partial charge in [0.2, 0.25) is 5.91 Å². The molecule has 2 fully saturated rings. The van der Waals surface area contributed by atoms with Crippen LogP contribution in [-0.2, 0) is 11.3 Å². The van der Waals surface area contributed by atoms with Crippen molar-refractivity contribution in [1.82, 2.24) is 19.5 Å². The molecular weight excluding hydrogens is 402 g/mol. The fourth-order valence-electron chi connectivity index (χ4n) is 4.74. The second-order valence-electron chi connectivity index (χ2n) is 8.16. The molecule has 8 heteroatoms. The monoisotopic (exact) mass is 427 g/mol. The maximum absolute atomic E-state index is 12.8. The largest absolute Gasteiger partial charge is 0.350 e. The summed E-state index contributed by atoms with van der Waals surface area (Å²) in [5.41, 5.74) is 2.12. The van der Waals surface area contributed by atoms with Crippen molar-refractivity contribution in [2.24, 2.45) is 5.92 Å². The molecule has 1 amide bonds. The molecule has 2 aromatic heterocycles. The van der Waals surface area contributed by atoms with Crippen LogP contribution in [0.1, 0.15) is 37.7 Å². The highest BCUT2D eigenvalue weighted by molar-refractivity contribution is 5.95. The van der Waals surface area contributed by atoms with Gasteiger partial charge in [0, 0.05) is 17.9 Å². The standard InChI is InChI=1S/C22H25N5O2.ClH/c28-21(19-13-16-7-1-2-9-18(16)24-19)23-17-8-5-6-15(12-17)14-27-22(29)26-11-4-3-10-20(26)25-27;/h3-6,8,10-12,16,18-19,24H,1-2,7,9,13-14H2,(H,23,28);1H. The zero-order valence-electron chi connectivity index (χ0n) is 16.7. The molecule has 2 N–H and O–H groups in total. The average Bonchev–Trinajstić information content (AvgIpc) is 3.30. The van der Waals surface area contributed by atoms with Gasteiger partial charge in [0.05, 0.1) is 12.6 Å². The van der Waals surface area contributed by atoms with Gasteiger partial charge in [-0.05, 0) is 55.0 Å². The van der Waals surface area contributed by atoms with Gasteiger partial charge in [-0.25, -0.2) is 9.48 Å². The summed E-state index contributed by atoms with van der Waals surface area (Å²) in [5.74, 6) is 0.661. The van der Waals surface area contributed by atoms with E-state index in [9.17, 15) is 9.59 Å². The number of rotatable bonds is 4. The number of anilines is 1. The number of nitrogens with zero attached hydrogens (tertiary/aromatic N) is 3. The molecule has 1 saturated carbocycles. The number of pyridine rings is 1. The normalized spacial score (nSPS) is 23.0. The van der Waals surface area contributed by atoms with Crippen molar-refractivity contribution in [2.45, 2.75) is 50.7 Å². The van der Waals surface area contributed by atoms with E-state index in [1.54, 1.807) is 12.3 Å². The summed E-state index contributed by atoms with van der Waals surface area (Å²) < 4.78 is 2.97. The van der Waals surface area contributed by atoms with Crippen LogP contribution in [0.15, 0.2) is 53.5 Å². The number of nitrogens with one attached hydrogen (secondary N) is 2. The summed E-state index contributed by atoms with van der Waals surface area (Å²) in [7, 11) is 0. The maximum Gasteiger partial charge on any atom is 0.350 e. The van der Waals surface area contributed by atoms with Crippen molar-refractivity contribution in [2.75, 3.05) is 5.32 Å². The highest BCUT2D eigenvalue weighted by Gasteiger charge is 2.38. The molecular formula is C22H26ClN5O2. The predicted octanol–water partition coefficient (Wildman–Crippen LogP) is 2.83. The molecule has 158 valence electrons. The van der Waals surface area contributed by atoms with Crippen molar-refractivity contribution in [3.8, 4) is 0 Å². The SMILES string of the molecule is Cl.O=C(Nc1cccc(Cn2nc3ccccn3c2=O)c1)C1CC2CCCCC2N1. The molecule has 3 heterocycles. The Bertz CT molecular complexity index is 1090. The van der Waals surface area contributed by atoms with Gasteiger partial charge in [0.1, 0.15) is 0 Å². The van der Waals surface area contributed by atoms with Gasteiger partial charge in [-0.3, -0.25) is 9.20 Å². The summed E-state index contributed by atoms with van der Waals surface area (Å²) in [4.78, 5) is 25.2. The summed E-state index contributed by atoms with van der Waals surface area (Å²) in [5, 5.41) is 10.9. The Balaban J connectivity index is 0.00000218. The topological polar surface area (TPSA) is 80.4 Å². The van der Waals surface area contributed by atoms with Gasteiger partial charge in [0.15, 0.2) is 5.65 Å². The van der Waals surface area contributed by atoms with Gasteiger partial charge in [-0.15, -0.1) is 17.5 Å². The van der Waals surface area contributed by atoms with Gasteiger partial charge in [0.25, 0.3) is 0 Å². The molecule has 0 spiro atoms. The predicted molar refractivity (Wildman–Crippen MR) is 118 cm³/mol.